The van der Waals surface area contributed by atoms with Crippen LogP contribution in [-0.2, 0) is 14.5 Å². The van der Waals surface area contributed by atoms with Crippen LogP contribution in [0.4, 0.5) is 4.79 Å². The lowest BCUT2D eigenvalue weighted by molar-refractivity contribution is -0.273. The van der Waals surface area contributed by atoms with Crippen LogP contribution in [-0.4, -0.2) is 43.4 Å². The van der Waals surface area contributed by atoms with Gasteiger partial charge in [-0.15, -0.1) is 0 Å². The van der Waals surface area contributed by atoms with Gasteiger partial charge in [-0.05, 0) is 27.2 Å². The lowest BCUT2D eigenvalue weighted by Gasteiger charge is -2.28. The highest BCUT2D eigenvalue weighted by atomic mass is 17.2. The Morgan fingerprint density at radius 1 is 1.42 bits per heavy atom. The molecule has 1 atom stereocenters. The summed E-state index contributed by atoms with van der Waals surface area (Å²) in [5, 5.41) is 8.98. The SMILES string of the molecule is CC[C@H](C#N)CN(CCOOC)C(=O)OC(C)(C)C. The zero-order valence-corrected chi connectivity index (χ0v) is 12.4. The van der Waals surface area contributed by atoms with Crippen molar-refractivity contribution in [1.82, 2.24) is 4.90 Å². The Labute approximate surface area is 115 Å². The van der Waals surface area contributed by atoms with Gasteiger partial charge in [0, 0.05) is 6.54 Å². The molecule has 1 amide bonds. The first-order chi connectivity index (χ1) is 8.84. The van der Waals surface area contributed by atoms with Crippen LogP contribution in [0, 0.1) is 17.2 Å². The Kier molecular flexibility index (Phi) is 8.12. The molecule has 0 aromatic heterocycles. The third kappa shape index (κ3) is 8.41. The fourth-order valence-electron chi connectivity index (χ4n) is 1.34. The summed E-state index contributed by atoms with van der Waals surface area (Å²) in [6.45, 7) is 8.20. The smallest absolute Gasteiger partial charge is 0.410 e. The van der Waals surface area contributed by atoms with Gasteiger partial charge in [-0.25, -0.2) is 14.6 Å². The molecule has 110 valence electrons. The van der Waals surface area contributed by atoms with Crippen molar-refractivity contribution in [3.8, 4) is 6.07 Å². The van der Waals surface area contributed by atoms with Crippen molar-refractivity contribution < 1.29 is 19.3 Å². The summed E-state index contributed by atoms with van der Waals surface area (Å²) < 4.78 is 5.30. The second-order valence-corrected chi connectivity index (χ2v) is 5.15. The normalized spacial score (nSPS) is 12.6. The average molecular weight is 272 g/mol. The number of hydrogen-bond donors (Lipinski definition) is 0. The van der Waals surface area contributed by atoms with Gasteiger partial charge in [-0.2, -0.15) is 5.26 Å². The van der Waals surface area contributed by atoms with E-state index in [-0.39, 0.29) is 12.5 Å². The zero-order valence-electron chi connectivity index (χ0n) is 12.4. The van der Waals surface area contributed by atoms with Crippen molar-refractivity contribution in [3.63, 3.8) is 0 Å². The molecule has 6 heteroatoms. The molecule has 0 aliphatic rings. The van der Waals surface area contributed by atoms with Gasteiger partial charge in [-0.1, -0.05) is 6.92 Å². The maximum atomic E-state index is 12.0. The summed E-state index contributed by atoms with van der Waals surface area (Å²) >= 11 is 0. The van der Waals surface area contributed by atoms with E-state index < -0.39 is 11.7 Å². The van der Waals surface area contributed by atoms with E-state index in [9.17, 15) is 4.79 Å². The molecule has 0 heterocycles. The fourth-order valence-corrected chi connectivity index (χ4v) is 1.34. The Bertz CT molecular complexity index is 307. The maximum Gasteiger partial charge on any atom is 0.410 e. The molecule has 0 N–H and O–H groups in total. The molecule has 0 aliphatic carbocycles. The van der Waals surface area contributed by atoms with E-state index in [2.05, 4.69) is 11.0 Å². The van der Waals surface area contributed by atoms with Crippen LogP contribution in [0.15, 0.2) is 0 Å². The third-order valence-corrected chi connectivity index (χ3v) is 2.33. The Morgan fingerprint density at radius 2 is 2.05 bits per heavy atom. The summed E-state index contributed by atoms with van der Waals surface area (Å²) in [6, 6.07) is 2.17. The largest absolute Gasteiger partial charge is 0.444 e. The van der Waals surface area contributed by atoms with E-state index in [0.29, 0.717) is 19.5 Å². The monoisotopic (exact) mass is 272 g/mol. The maximum absolute atomic E-state index is 12.0. The first-order valence-corrected chi connectivity index (χ1v) is 6.37. The van der Waals surface area contributed by atoms with Crippen molar-refractivity contribution in [1.29, 1.82) is 5.26 Å². The van der Waals surface area contributed by atoms with Crippen LogP contribution in [0.3, 0.4) is 0 Å². The van der Waals surface area contributed by atoms with Crippen LogP contribution < -0.4 is 0 Å². The van der Waals surface area contributed by atoms with Gasteiger partial charge in [0.2, 0.25) is 0 Å². The molecule has 0 aromatic carbocycles. The van der Waals surface area contributed by atoms with E-state index in [1.165, 1.54) is 12.0 Å². The molecule has 0 bridgehead atoms. The average Bonchev–Trinajstić information content (AvgIpc) is 2.31. The van der Waals surface area contributed by atoms with E-state index in [1.807, 2.05) is 6.92 Å². The van der Waals surface area contributed by atoms with E-state index in [4.69, 9.17) is 14.9 Å². The number of hydrogen-bond acceptors (Lipinski definition) is 5. The van der Waals surface area contributed by atoms with E-state index >= 15 is 0 Å². The van der Waals surface area contributed by atoms with Crippen LogP contribution in [0.1, 0.15) is 34.1 Å². The Balaban J connectivity index is 4.56. The highest BCUT2D eigenvalue weighted by molar-refractivity contribution is 5.68. The number of amides is 1. The van der Waals surface area contributed by atoms with Gasteiger partial charge in [0.1, 0.15) is 5.60 Å². The number of rotatable bonds is 7. The molecule has 0 radical (unpaired) electrons. The van der Waals surface area contributed by atoms with E-state index in [1.54, 1.807) is 20.8 Å². The summed E-state index contributed by atoms with van der Waals surface area (Å²) in [4.78, 5) is 22.7. The lowest BCUT2D eigenvalue weighted by Crippen LogP contribution is -2.41. The van der Waals surface area contributed by atoms with Crippen LogP contribution in [0.2, 0.25) is 0 Å². The minimum atomic E-state index is -0.564. The molecular formula is C13H24N2O4. The molecule has 0 rings (SSSR count). The molecule has 0 aromatic rings. The van der Waals surface area contributed by atoms with Crippen LogP contribution in [0.5, 0.6) is 0 Å². The second kappa shape index (κ2) is 8.73. The quantitative estimate of drug-likeness (QED) is 0.404. The molecule has 0 unspecified atom stereocenters. The number of nitrogens with zero attached hydrogens (tertiary/aromatic N) is 2. The molecular weight excluding hydrogens is 248 g/mol. The topological polar surface area (TPSA) is 71.8 Å². The molecule has 0 spiro atoms. The minimum Gasteiger partial charge on any atom is -0.444 e. The van der Waals surface area contributed by atoms with Crippen molar-refractivity contribution in [2.24, 2.45) is 5.92 Å². The predicted molar refractivity (Wildman–Crippen MR) is 70.2 cm³/mol. The number of carbonyl (C=O) groups is 1. The molecule has 19 heavy (non-hydrogen) atoms. The van der Waals surface area contributed by atoms with Crippen LogP contribution >= 0.6 is 0 Å². The number of ether oxygens (including phenoxy) is 1. The summed E-state index contributed by atoms with van der Waals surface area (Å²) in [5.74, 6) is -0.213. The molecule has 0 aliphatic heterocycles. The Morgan fingerprint density at radius 3 is 2.47 bits per heavy atom. The zero-order chi connectivity index (χ0) is 14.9. The lowest BCUT2D eigenvalue weighted by atomic mass is 10.1. The first-order valence-electron chi connectivity index (χ1n) is 6.37. The summed E-state index contributed by atoms with van der Waals surface area (Å²) in [7, 11) is 1.40. The fraction of sp³-hybridized carbons (Fsp3) is 0.846. The van der Waals surface area contributed by atoms with Crippen molar-refractivity contribution >= 4 is 6.09 Å². The highest BCUT2D eigenvalue weighted by Gasteiger charge is 2.24. The minimum absolute atomic E-state index is 0.213. The van der Waals surface area contributed by atoms with E-state index in [0.717, 1.165) is 0 Å². The first kappa shape index (κ1) is 17.7. The van der Waals surface area contributed by atoms with Gasteiger partial charge < -0.3 is 9.64 Å². The third-order valence-electron chi connectivity index (χ3n) is 2.33. The summed E-state index contributed by atoms with van der Waals surface area (Å²) in [6.07, 6.45) is 0.238. The number of carbonyl (C=O) groups excluding carboxylic acids is 1. The Hall–Kier alpha value is -1.32. The highest BCUT2D eigenvalue weighted by Crippen LogP contribution is 2.12. The predicted octanol–water partition coefficient (Wildman–Crippen LogP) is 2.35. The molecule has 0 fully saturated rings. The number of nitriles is 1. The van der Waals surface area contributed by atoms with Crippen molar-refractivity contribution in [2.75, 3.05) is 26.8 Å². The summed E-state index contributed by atoms with van der Waals surface area (Å²) in [5.41, 5.74) is -0.564. The van der Waals surface area contributed by atoms with Crippen molar-refractivity contribution in [3.05, 3.63) is 0 Å². The van der Waals surface area contributed by atoms with Gasteiger partial charge in [-0.3, -0.25) is 0 Å². The van der Waals surface area contributed by atoms with Gasteiger partial charge in [0.25, 0.3) is 0 Å². The second-order valence-electron chi connectivity index (χ2n) is 5.15. The van der Waals surface area contributed by atoms with Crippen LogP contribution in [0.25, 0.3) is 0 Å². The molecule has 0 saturated heterocycles. The van der Waals surface area contributed by atoms with Gasteiger partial charge in [0.15, 0.2) is 0 Å². The van der Waals surface area contributed by atoms with Gasteiger partial charge in [0.05, 0.1) is 32.2 Å². The molecule has 0 saturated carbocycles. The molecule has 6 nitrogen and oxygen atoms in total. The van der Waals surface area contributed by atoms with Crippen molar-refractivity contribution in [2.45, 2.75) is 39.7 Å². The standard InChI is InChI=1S/C13H24N2O4/c1-6-11(9-14)10-15(7-8-18-17-5)12(16)19-13(2,3)4/h11H,6-8,10H2,1-5H3/t11-/m1/s1. The van der Waals surface area contributed by atoms with Gasteiger partial charge >= 0.3 is 6.09 Å².